The normalized spacial score (nSPS) is 13.6. The minimum absolute atomic E-state index is 0.0757. The van der Waals surface area contributed by atoms with Crippen LogP contribution in [0.3, 0.4) is 0 Å². The molecule has 22 heavy (non-hydrogen) atoms. The van der Waals surface area contributed by atoms with Gasteiger partial charge in [0, 0.05) is 23.8 Å². The van der Waals surface area contributed by atoms with Crippen molar-refractivity contribution in [2.45, 2.75) is 19.0 Å². The van der Waals surface area contributed by atoms with Crippen LogP contribution in [-0.2, 0) is 0 Å². The Morgan fingerprint density at radius 2 is 2.18 bits per heavy atom. The van der Waals surface area contributed by atoms with Gasteiger partial charge in [-0.05, 0) is 44.1 Å². The summed E-state index contributed by atoms with van der Waals surface area (Å²) in [4.78, 5) is 19.5. The number of hydrogen-bond donors (Lipinski definition) is 2. The first-order chi connectivity index (χ1) is 10.6. The number of hydrogen-bond acceptors (Lipinski definition) is 4. The van der Waals surface area contributed by atoms with E-state index in [4.69, 9.17) is 0 Å². The molecule has 0 aliphatic heterocycles. The smallest absolute Gasteiger partial charge is 0.315 e. The summed E-state index contributed by atoms with van der Waals surface area (Å²) in [7, 11) is 4.03. The van der Waals surface area contributed by atoms with Gasteiger partial charge in [-0.3, -0.25) is 4.98 Å². The quantitative estimate of drug-likeness (QED) is 0.861. The van der Waals surface area contributed by atoms with Crippen molar-refractivity contribution in [2.75, 3.05) is 20.6 Å². The summed E-state index contributed by atoms with van der Waals surface area (Å²) in [5.74, 6) is 0. The maximum atomic E-state index is 12.1. The van der Waals surface area contributed by atoms with E-state index in [2.05, 4.69) is 32.0 Å². The molecule has 0 unspecified atom stereocenters. The van der Waals surface area contributed by atoms with Gasteiger partial charge in [0.1, 0.15) is 0 Å². The summed E-state index contributed by atoms with van der Waals surface area (Å²) in [6.45, 7) is 2.51. The van der Waals surface area contributed by atoms with E-state index in [9.17, 15) is 4.79 Å². The van der Waals surface area contributed by atoms with Crippen molar-refractivity contribution < 1.29 is 4.79 Å². The van der Waals surface area contributed by atoms with E-state index in [-0.39, 0.29) is 18.1 Å². The minimum atomic E-state index is -0.167. The lowest BCUT2D eigenvalue weighted by atomic mass is 10.1. The number of urea groups is 1. The summed E-state index contributed by atoms with van der Waals surface area (Å²) in [6, 6.07) is 7.87. The van der Waals surface area contributed by atoms with Gasteiger partial charge in [0.15, 0.2) is 0 Å². The van der Waals surface area contributed by atoms with Crippen LogP contribution in [0.5, 0.6) is 0 Å². The first-order valence-corrected chi connectivity index (χ1v) is 8.10. The molecule has 118 valence electrons. The fraction of sp³-hybridized carbons (Fsp3) is 0.375. The molecule has 2 heterocycles. The maximum Gasteiger partial charge on any atom is 0.315 e. The molecule has 0 aliphatic carbocycles. The number of carbonyl (C=O) groups excluding carboxylic acids is 1. The molecular formula is C16H22N4OS. The number of amides is 2. The average molecular weight is 318 g/mol. The van der Waals surface area contributed by atoms with Gasteiger partial charge in [-0.25, -0.2) is 4.79 Å². The van der Waals surface area contributed by atoms with Crippen molar-refractivity contribution in [1.82, 2.24) is 20.5 Å². The van der Waals surface area contributed by atoms with Crippen molar-refractivity contribution in [1.29, 1.82) is 0 Å². The number of pyridine rings is 1. The van der Waals surface area contributed by atoms with Crippen molar-refractivity contribution in [3.8, 4) is 0 Å². The zero-order valence-corrected chi connectivity index (χ0v) is 13.9. The van der Waals surface area contributed by atoms with Crippen LogP contribution in [0.4, 0.5) is 4.79 Å². The lowest BCUT2D eigenvalue weighted by Crippen LogP contribution is -2.41. The largest absolute Gasteiger partial charge is 0.336 e. The van der Waals surface area contributed by atoms with E-state index >= 15 is 0 Å². The van der Waals surface area contributed by atoms with Crippen LogP contribution in [-0.4, -0.2) is 36.6 Å². The molecule has 0 aromatic carbocycles. The molecule has 6 heteroatoms. The maximum absolute atomic E-state index is 12.1. The molecule has 0 saturated heterocycles. The molecule has 0 bridgehead atoms. The third-order valence-corrected chi connectivity index (χ3v) is 4.46. The Hall–Kier alpha value is -1.92. The van der Waals surface area contributed by atoms with E-state index in [1.54, 1.807) is 23.7 Å². The second kappa shape index (κ2) is 7.91. The van der Waals surface area contributed by atoms with Gasteiger partial charge in [-0.1, -0.05) is 12.1 Å². The molecule has 2 aromatic rings. The Morgan fingerprint density at radius 3 is 2.77 bits per heavy atom. The lowest BCUT2D eigenvalue weighted by molar-refractivity contribution is 0.230. The van der Waals surface area contributed by atoms with E-state index in [1.165, 1.54) is 4.88 Å². The van der Waals surface area contributed by atoms with E-state index in [0.29, 0.717) is 6.54 Å². The highest BCUT2D eigenvalue weighted by Gasteiger charge is 2.17. The molecule has 5 nitrogen and oxygen atoms in total. The van der Waals surface area contributed by atoms with Gasteiger partial charge in [0.2, 0.25) is 0 Å². The molecule has 0 radical (unpaired) electrons. The number of nitrogens with one attached hydrogen (secondary N) is 2. The van der Waals surface area contributed by atoms with Gasteiger partial charge in [0.25, 0.3) is 0 Å². The first-order valence-electron chi connectivity index (χ1n) is 7.22. The second-order valence-corrected chi connectivity index (χ2v) is 6.34. The van der Waals surface area contributed by atoms with Crippen LogP contribution < -0.4 is 10.6 Å². The second-order valence-electron chi connectivity index (χ2n) is 5.36. The van der Waals surface area contributed by atoms with Gasteiger partial charge < -0.3 is 15.5 Å². The highest BCUT2D eigenvalue weighted by molar-refractivity contribution is 7.10. The minimum Gasteiger partial charge on any atom is -0.336 e. The fourth-order valence-corrected chi connectivity index (χ4v) is 3.09. The van der Waals surface area contributed by atoms with Crippen LogP contribution in [0, 0.1) is 0 Å². The molecule has 2 aromatic heterocycles. The number of nitrogens with zero attached hydrogens (tertiary/aromatic N) is 2. The predicted octanol–water partition coefficient (Wildman–Crippen LogP) is 2.81. The summed E-state index contributed by atoms with van der Waals surface area (Å²) >= 11 is 1.70. The highest BCUT2D eigenvalue weighted by Crippen LogP contribution is 2.22. The molecule has 2 N–H and O–H groups in total. The van der Waals surface area contributed by atoms with E-state index in [1.807, 2.05) is 39.2 Å². The zero-order valence-electron chi connectivity index (χ0n) is 13.1. The van der Waals surface area contributed by atoms with Gasteiger partial charge in [0.05, 0.1) is 12.1 Å². The zero-order chi connectivity index (χ0) is 15.9. The van der Waals surface area contributed by atoms with Crippen molar-refractivity contribution >= 4 is 17.4 Å². The Morgan fingerprint density at radius 1 is 1.36 bits per heavy atom. The third kappa shape index (κ3) is 4.54. The van der Waals surface area contributed by atoms with Crippen LogP contribution >= 0.6 is 11.3 Å². The molecule has 2 amide bonds. The molecule has 2 atom stereocenters. The number of aromatic nitrogens is 1. The fourth-order valence-electron chi connectivity index (χ4n) is 2.17. The van der Waals surface area contributed by atoms with Crippen molar-refractivity contribution in [3.63, 3.8) is 0 Å². The SMILES string of the molecule is C[C@@H](NC(=O)NC[C@H](c1cccs1)N(C)C)c1cccnc1. The standard InChI is InChI=1S/C16H22N4OS/c1-12(13-6-4-8-17-10-13)19-16(21)18-11-14(20(2)3)15-7-5-9-22-15/h4-10,12,14H,11H2,1-3H3,(H2,18,19,21)/t12-,14-/m1/s1. The Kier molecular flexibility index (Phi) is 5.91. The summed E-state index contributed by atoms with van der Waals surface area (Å²) in [6.07, 6.45) is 3.48. The number of thiophene rings is 1. The highest BCUT2D eigenvalue weighted by atomic mass is 32.1. The number of carbonyl (C=O) groups is 1. The van der Waals surface area contributed by atoms with Gasteiger partial charge >= 0.3 is 6.03 Å². The number of likely N-dealkylation sites (N-methyl/N-ethyl adjacent to an activating group) is 1. The topological polar surface area (TPSA) is 57.3 Å². The monoisotopic (exact) mass is 318 g/mol. The van der Waals surface area contributed by atoms with Crippen molar-refractivity contribution in [2.24, 2.45) is 0 Å². The van der Waals surface area contributed by atoms with Crippen LogP contribution in [0.25, 0.3) is 0 Å². The van der Waals surface area contributed by atoms with E-state index < -0.39 is 0 Å². The van der Waals surface area contributed by atoms with Crippen LogP contribution in [0.2, 0.25) is 0 Å². The summed E-state index contributed by atoms with van der Waals surface area (Å²) in [5, 5.41) is 7.93. The summed E-state index contributed by atoms with van der Waals surface area (Å²) < 4.78 is 0. The molecule has 0 fully saturated rings. The van der Waals surface area contributed by atoms with Crippen LogP contribution in [0.15, 0.2) is 42.0 Å². The molecular weight excluding hydrogens is 296 g/mol. The van der Waals surface area contributed by atoms with Crippen molar-refractivity contribution in [3.05, 3.63) is 52.5 Å². The molecule has 0 spiro atoms. The number of rotatable bonds is 6. The van der Waals surface area contributed by atoms with E-state index in [0.717, 1.165) is 5.56 Å². The molecule has 0 saturated carbocycles. The van der Waals surface area contributed by atoms with Gasteiger partial charge in [-0.15, -0.1) is 11.3 Å². The van der Waals surface area contributed by atoms with Gasteiger partial charge in [-0.2, -0.15) is 0 Å². The predicted molar refractivity (Wildman–Crippen MR) is 89.9 cm³/mol. The van der Waals surface area contributed by atoms with Crippen LogP contribution in [0.1, 0.15) is 29.4 Å². The lowest BCUT2D eigenvalue weighted by Gasteiger charge is -2.24. The third-order valence-electron chi connectivity index (χ3n) is 3.48. The average Bonchev–Trinajstić information content (AvgIpc) is 3.02. The summed E-state index contributed by atoms with van der Waals surface area (Å²) in [5.41, 5.74) is 0.986. The molecule has 2 rings (SSSR count). The molecule has 0 aliphatic rings. The Bertz CT molecular complexity index is 571. The first kappa shape index (κ1) is 16.5. The Labute approximate surface area is 135 Å². The Balaban J connectivity index is 1.86.